The fourth-order valence-electron chi connectivity index (χ4n) is 3.16. The van der Waals surface area contributed by atoms with Gasteiger partial charge in [0, 0.05) is 36.6 Å². The van der Waals surface area contributed by atoms with Crippen LogP contribution in [0, 0.1) is 6.92 Å². The summed E-state index contributed by atoms with van der Waals surface area (Å²) in [5.41, 5.74) is 3.36. The number of aryl methyl sites for hydroxylation is 1. The van der Waals surface area contributed by atoms with E-state index in [1.54, 1.807) is 0 Å². The minimum absolute atomic E-state index is 0.333. The molecule has 3 rings (SSSR count). The molecule has 0 saturated heterocycles. The van der Waals surface area contributed by atoms with Gasteiger partial charge in [0.15, 0.2) is 0 Å². The molecule has 0 bridgehead atoms. The third kappa shape index (κ3) is 4.64. The standard InChI is InChI=1S/C23H28N4/c1-5-26(21-14-10-7-11-15-21)23-24-19(4)16-22(25-23)27(18(2)3)17-20-12-8-6-9-13-20/h6-16,18H,5,17H2,1-4H3. The predicted octanol–water partition coefficient (Wildman–Crippen LogP) is 5.36. The molecular formula is C23H28N4. The zero-order valence-corrected chi connectivity index (χ0v) is 16.6. The van der Waals surface area contributed by atoms with Crippen molar-refractivity contribution in [2.45, 2.75) is 40.3 Å². The third-order valence-corrected chi connectivity index (χ3v) is 4.57. The van der Waals surface area contributed by atoms with Gasteiger partial charge in [-0.3, -0.25) is 0 Å². The van der Waals surface area contributed by atoms with Crippen LogP contribution >= 0.6 is 0 Å². The molecule has 4 heteroatoms. The van der Waals surface area contributed by atoms with Crippen LogP contribution in [0.5, 0.6) is 0 Å². The van der Waals surface area contributed by atoms with Crippen molar-refractivity contribution < 1.29 is 0 Å². The fraction of sp³-hybridized carbons (Fsp3) is 0.304. The summed E-state index contributed by atoms with van der Waals surface area (Å²) in [5.74, 6) is 1.71. The van der Waals surface area contributed by atoms with E-state index in [0.29, 0.717) is 6.04 Å². The zero-order valence-electron chi connectivity index (χ0n) is 16.6. The second kappa shape index (κ2) is 8.67. The Balaban J connectivity index is 1.97. The summed E-state index contributed by atoms with van der Waals surface area (Å²) in [4.78, 5) is 14.1. The lowest BCUT2D eigenvalue weighted by Crippen LogP contribution is -2.32. The number of nitrogens with zero attached hydrogens (tertiary/aromatic N) is 4. The zero-order chi connectivity index (χ0) is 19.2. The second-order valence-corrected chi connectivity index (χ2v) is 6.95. The van der Waals surface area contributed by atoms with Gasteiger partial charge in [-0.15, -0.1) is 0 Å². The van der Waals surface area contributed by atoms with Crippen molar-refractivity contribution in [3.8, 4) is 0 Å². The van der Waals surface area contributed by atoms with E-state index in [1.807, 2.05) is 25.1 Å². The van der Waals surface area contributed by atoms with Gasteiger partial charge in [-0.2, -0.15) is 4.98 Å². The quantitative estimate of drug-likeness (QED) is 0.568. The summed E-state index contributed by atoms with van der Waals surface area (Å²) in [6.45, 7) is 10.2. The van der Waals surface area contributed by atoms with Gasteiger partial charge in [-0.1, -0.05) is 48.5 Å². The molecule has 2 aromatic carbocycles. The van der Waals surface area contributed by atoms with E-state index >= 15 is 0 Å². The monoisotopic (exact) mass is 360 g/mol. The Morgan fingerprint density at radius 3 is 2.11 bits per heavy atom. The molecular weight excluding hydrogens is 332 g/mol. The Morgan fingerprint density at radius 2 is 1.52 bits per heavy atom. The van der Waals surface area contributed by atoms with Crippen LogP contribution in [0.2, 0.25) is 0 Å². The number of anilines is 3. The average Bonchev–Trinajstić information content (AvgIpc) is 2.68. The molecule has 3 aromatic rings. The van der Waals surface area contributed by atoms with Gasteiger partial charge in [0.25, 0.3) is 0 Å². The molecule has 0 N–H and O–H groups in total. The Kier molecular flexibility index (Phi) is 6.07. The lowest BCUT2D eigenvalue weighted by molar-refractivity contribution is 0.670. The lowest BCUT2D eigenvalue weighted by atomic mass is 10.2. The van der Waals surface area contributed by atoms with Crippen LogP contribution < -0.4 is 9.80 Å². The molecule has 1 heterocycles. The molecule has 0 fully saturated rings. The van der Waals surface area contributed by atoms with E-state index in [-0.39, 0.29) is 0 Å². The Morgan fingerprint density at radius 1 is 0.889 bits per heavy atom. The lowest BCUT2D eigenvalue weighted by Gasteiger charge is -2.30. The maximum absolute atomic E-state index is 4.94. The van der Waals surface area contributed by atoms with E-state index in [1.165, 1.54) is 5.56 Å². The first-order valence-corrected chi connectivity index (χ1v) is 9.57. The normalized spacial score (nSPS) is 10.9. The highest BCUT2D eigenvalue weighted by atomic mass is 15.3. The first-order chi connectivity index (χ1) is 13.1. The number of benzene rings is 2. The predicted molar refractivity (Wildman–Crippen MR) is 114 cm³/mol. The highest BCUT2D eigenvalue weighted by molar-refractivity contribution is 5.59. The molecule has 0 spiro atoms. The highest BCUT2D eigenvalue weighted by Gasteiger charge is 2.17. The fourth-order valence-corrected chi connectivity index (χ4v) is 3.16. The molecule has 140 valence electrons. The summed E-state index contributed by atoms with van der Waals surface area (Å²) in [7, 11) is 0. The van der Waals surface area contributed by atoms with Crippen molar-refractivity contribution in [1.82, 2.24) is 9.97 Å². The SMILES string of the molecule is CCN(c1ccccc1)c1nc(C)cc(N(Cc2ccccc2)C(C)C)n1. The van der Waals surface area contributed by atoms with Crippen molar-refractivity contribution >= 4 is 17.5 Å². The molecule has 0 saturated carbocycles. The molecule has 0 aliphatic carbocycles. The van der Waals surface area contributed by atoms with Gasteiger partial charge in [0.2, 0.25) is 5.95 Å². The summed E-state index contributed by atoms with van der Waals surface area (Å²) in [6, 6.07) is 23.3. The number of hydrogen-bond donors (Lipinski definition) is 0. The van der Waals surface area contributed by atoms with Gasteiger partial charge in [0.1, 0.15) is 5.82 Å². The summed E-state index contributed by atoms with van der Waals surface area (Å²) >= 11 is 0. The largest absolute Gasteiger partial charge is 0.350 e. The Hall–Kier alpha value is -2.88. The molecule has 0 aliphatic heterocycles. The number of aromatic nitrogens is 2. The van der Waals surface area contributed by atoms with Gasteiger partial charge >= 0.3 is 0 Å². The summed E-state index contributed by atoms with van der Waals surface area (Å²) < 4.78 is 0. The van der Waals surface area contributed by atoms with Gasteiger partial charge in [0.05, 0.1) is 0 Å². The third-order valence-electron chi connectivity index (χ3n) is 4.57. The minimum atomic E-state index is 0.333. The van der Waals surface area contributed by atoms with E-state index in [9.17, 15) is 0 Å². The number of rotatable bonds is 7. The Bertz CT molecular complexity index is 847. The van der Waals surface area contributed by atoms with Crippen LogP contribution in [-0.4, -0.2) is 22.6 Å². The molecule has 0 aliphatic rings. The maximum atomic E-state index is 4.94. The molecule has 1 aromatic heterocycles. The second-order valence-electron chi connectivity index (χ2n) is 6.95. The molecule has 0 radical (unpaired) electrons. The molecule has 27 heavy (non-hydrogen) atoms. The van der Waals surface area contributed by atoms with E-state index < -0.39 is 0 Å². The van der Waals surface area contributed by atoms with Gasteiger partial charge in [-0.25, -0.2) is 4.98 Å². The summed E-state index contributed by atoms with van der Waals surface area (Å²) in [6.07, 6.45) is 0. The van der Waals surface area contributed by atoms with Crippen molar-refractivity contribution in [2.75, 3.05) is 16.3 Å². The van der Waals surface area contributed by atoms with Crippen LogP contribution in [-0.2, 0) is 6.54 Å². The molecule has 0 unspecified atom stereocenters. The number of para-hydroxylation sites is 1. The van der Waals surface area contributed by atoms with Crippen molar-refractivity contribution in [3.63, 3.8) is 0 Å². The number of hydrogen-bond acceptors (Lipinski definition) is 4. The van der Waals surface area contributed by atoms with Crippen LogP contribution in [0.15, 0.2) is 66.7 Å². The average molecular weight is 361 g/mol. The van der Waals surface area contributed by atoms with E-state index in [4.69, 9.17) is 9.97 Å². The molecule has 0 atom stereocenters. The van der Waals surface area contributed by atoms with E-state index in [0.717, 1.165) is 36.2 Å². The topological polar surface area (TPSA) is 32.3 Å². The molecule has 4 nitrogen and oxygen atoms in total. The summed E-state index contributed by atoms with van der Waals surface area (Å²) in [5, 5.41) is 0. The van der Waals surface area contributed by atoms with E-state index in [2.05, 4.69) is 79.1 Å². The van der Waals surface area contributed by atoms with Crippen LogP contribution in [0.3, 0.4) is 0 Å². The highest BCUT2D eigenvalue weighted by Crippen LogP contribution is 2.26. The Labute approximate surface area is 162 Å². The van der Waals surface area contributed by atoms with Gasteiger partial charge in [-0.05, 0) is 45.4 Å². The first-order valence-electron chi connectivity index (χ1n) is 9.57. The van der Waals surface area contributed by atoms with Crippen LogP contribution in [0.25, 0.3) is 0 Å². The molecule has 0 amide bonds. The van der Waals surface area contributed by atoms with Crippen molar-refractivity contribution in [2.24, 2.45) is 0 Å². The first kappa shape index (κ1) is 18.9. The maximum Gasteiger partial charge on any atom is 0.232 e. The smallest absolute Gasteiger partial charge is 0.232 e. The van der Waals surface area contributed by atoms with Crippen LogP contribution in [0.4, 0.5) is 17.5 Å². The van der Waals surface area contributed by atoms with Crippen molar-refractivity contribution in [3.05, 3.63) is 78.0 Å². The van der Waals surface area contributed by atoms with Crippen molar-refractivity contribution in [1.29, 1.82) is 0 Å². The minimum Gasteiger partial charge on any atom is -0.350 e. The van der Waals surface area contributed by atoms with Gasteiger partial charge < -0.3 is 9.80 Å². The van der Waals surface area contributed by atoms with Crippen LogP contribution in [0.1, 0.15) is 32.0 Å².